The minimum absolute atomic E-state index is 0.928. The number of anilines is 1. The fraction of sp³-hybridized carbons (Fsp3) is 0.357. The topological polar surface area (TPSA) is 24.9 Å². The van der Waals surface area contributed by atoms with Crippen LogP contribution >= 0.6 is 23.1 Å². The summed E-state index contributed by atoms with van der Waals surface area (Å²) in [5.41, 5.74) is 2.71. The third kappa shape index (κ3) is 3.50. The zero-order valence-corrected chi connectivity index (χ0v) is 12.6. The van der Waals surface area contributed by atoms with E-state index in [1.165, 1.54) is 20.9 Å². The monoisotopic (exact) mass is 278 g/mol. The molecule has 0 radical (unpaired) electrons. The number of thiazole rings is 1. The highest BCUT2D eigenvalue weighted by Crippen LogP contribution is 2.28. The Balaban J connectivity index is 1.95. The normalized spacial score (nSPS) is 10.6. The quantitative estimate of drug-likeness (QED) is 0.816. The van der Waals surface area contributed by atoms with Gasteiger partial charge < -0.3 is 5.32 Å². The van der Waals surface area contributed by atoms with Gasteiger partial charge in [0.25, 0.3) is 0 Å². The Morgan fingerprint density at radius 1 is 1.28 bits per heavy atom. The molecule has 2 nitrogen and oxygen atoms in total. The van der Waals surface area contributed by atoms with E-state index >= 15 is 0 Å². The second-order valence-corrected chi connectivity index (χ2v) is 6.36. The van der Waals surface area contributed by atoms with Gasteiger partial charge in [0, 0.05) is 28.3 Å². The Kier molecular flexibility index (Phi) is 4.66. The van der Waals surface area contributed by atoms with E-state index in [-0.39, 0.29) is 0 Å². The molecule has 1 aromatic heterocycles. The molecule has 0 fully saturated rings. The summed E-state index contributed by atoms with van der Waals surface area (Å²) in [5, 5.41) is 4.26. The van der Waals surface area contributed by atoms with E-state index in [0.29, 0.717) is 0 Å². The molecule has 1 aromatic carbocycles. The minimum Gasteiger partial charge on any atom is -0.362 e. The molecule has 2 rings (SSSR count). The van der Waals surface area contributed by atoms with Gasteiger partial charge in [-0.15, -0.1) is 23.1 Å². The van der Waals surface area contributed by atoms with E-state index in [0.717, 1.165) is 17.4 Å². The van der Waals surface area contributed by atoms with Crippen molar-refractivity contribution in [2.45, 2.75) is 31.4 Å². The Labute approximate surface area is 117 Å². The van der Waals surface area contributed by atoms with Crippen molar-refractivity contribution >= 4 is 28.2 Å². The number of aromatic nitrogens is 1. The number of nitrogens with zero attached hydrogens (tertiary/aromatic N) is 1. The molecule has 0 amide bonds. The summed E-state index contributed by atoms with van der Waals surface area (Å²) in [6.45, 7) is 7.33. The molecular formula is C14H18N2S2. The van der Waals surface area contributed by atoms with E-state index in [9.17, 15) is 0 Å². The molecule has 0 aliphatic rings. The summed E-state index contributed by atoms with van der Waals surface area (Å²) in [5.74, 6) is 0.992. The lowest BCUT2D eigenvalue weighted by Crippen LogP contribution is -1.94. The minimum atomic E-state index is 0.928. The van der Waals surface area contributed by atoms with Gasteiger partial charge in [0.05, 0.1) is 0 Å². The lowest BCUT2D eigenvalue weighted by atomic mass is 10.1. The summed E-state index contributed by atoms with van der Waals surface area (Å²) in [7, 11) is 0. The lowest BCUT2D eigenvalue weighted by Gasteiger charge is -2.03. The fourth-order valence-corrected chi connectivity index (χ4v) is 3.46. The van der Waals surface area contributed by atoms with E-state index < -0.39 is 0 Å². The first-order valence-electron chi connectivity index (χ1n) is 6.07. The van der Waals surface area contributed by atoms with Gasteiger partial charge in [-0.05, 0) is 44.0 Å². The summed E-state index contributed by atoms with van der Waals surface area (Å²) < 4.78 is 0. The van der Waals surface area contributed by atoms with Gasteiger partial charge in [-0.25, -0.2) is 4.98 Å². The average Bonchev–Trinajstić information content (AvgIpc) is 2.79. The number of thioether (sulfide) groups is 1. The number of nitrogens with one attached hydrogen (secondary N) is 1. The van der Waals surface area contributed by atoms with Crippen LogP contribution in [0.4, 0.5) is 5.13 Å². The van der Waals surface area contributed by atoms with Crippen LogP contribution in [0.2, 0.25) is 0 Å². The van der Waals surface area contributed by atoms with Crippen LogP contribution in [0.15, 0.2) is 29.3 Å². The van der Waals surface area contributed by atoms with Crippen LogP contribution in [0.5, 0.6) is 0 Å². The lowest BCUT2D eigenvalue weighted by molar-refractivity contribution is 1.19. The molecule has 0 saturated carbocycles. The third-order valence-electron chi connectivity index (χ3n) is 2.74. The standard InChI is InChI=1S/C14H18N2S2/c1-4-15-14-16-8-13(18-14)9-17-12-6-5-10(2)11(3)7-12/h5-8H,4,9H2,1-3H3,(H,15,16). The van der Waals surface area contributed by atoms with Crippen LogP contribution in [0.25, 0.3) is 0 Å². The van der Waals surface area contributed by atoms with Crippen molar-refractivity contribution in [1.29, 1.82) is 0 Å². The predicted octanol–water partition coefficient (Wildman–Crippen LogP) is 4.48. The van der Waals surface area contributed by atoms with Crippen molar-refractivity contribution in [2.24, 2.45) is 0 Å². The summed E-state index contributed by atoms with van der Waals surface area (Å²) in [4.78, 5) is 6.99. The molecule has 0 spiro atoms. The van der Waals surface area contributed by atoms with Gasteiger partial charge in [-0.2, -0.15) is 0 Å². The molecule has 1 N–H and O–H groups in total. The van der Waals surface area contributed by atoms with Crippen molar-refractivity contribution in [3.63, 3.8) is 0 Å². The maximum absolute atomic E-state index is 4.34. The summed E-state index contributed by atoms with van der Waals surface area (Å²) in [6, 6.07) is 6.64. The van der Waals surface area contributed by atoms with Gasteiger partial charge in [-0.3, -0.25) is 0 Å². The maximum Gasteiger partial charge on any atom is 0.182 e. The van der Waals surface area contributed by atoms with E-state index in [1.54, 1.807) is 11.3 Å². The molecule has 18 heavy (non-hydrogen) atoms. The first-order chi connectivity index (χ1) is 8.69. The molecule has 4 heteroatoms. The van der Waals surface area contributed by atoms with Crippen LogP contribution in [0, 0.1) is 13.8 Å². The van der Waals surface area contributed by atoms with E-state index in [2.05, 4.69) is 49.3 Å². The van der Waals surface area contributed by atoms with Gasteiger partial charge in [0.2, 0.25) is 0 Å². The number of rotatable bonds is 5. The molecule has 0 bridgehead atoms. The first-order valence-corrected chi connectivity index (χ1v) is 7.88. The molecule has 0 atom stereocenters. The molecule has 96 valence electrons. The molecule has 0 aliphatic carbocycles. The van der Waals surface area contributed by atoms with Crippen molar-refractivity contribution in [3.05, 3.63) is 40.4 Å². The molecule has 1 heterocycles. The zero-order valence-electron chi connectivity index (χ0n) is 11.0. The zero-order chi connectivity index (χ0) is 13.0. The highest BCUT2D eigenvalue weighted by Gasteiger charge is 2.03. The Morgan fingerprint density at radius 2 is 2.11 bits per heavy atom. The van der Waals surface area contributed by atoms with Gasteiger partial charge in [-0.1, -0.05) is 6.07 Å². The van der Waals surface area contributed by atoms with E-state index in [1.807, 2.05) is 18.0 Å². The van der Waals surface area contributed by atoms with Gasteiger partial charge in [0.1, 0.15) is 0 Å². The molecule has 0 aliphatic heterocycles. The van der Waals surface area contributed by atoms with Gasteiger partial charge >= 0.3 is 0 Å². The maximum atomic E-state index is 4.34. The largest absolute Gasteiger partial charge is 0.362 e. The Bertz CT molecular complexity index is 520. The second-order valence-electron chi connectivity index (χ2n) is 4.20. The summed E-state index contributed by atoms with van der Waals surface area (Å²) >= 11 is 3.61. The third-order valence-corrected chi connectivity index (χ3v) is 4.92. The SMILES string of the molecule is CCNc1ncc(CSc2ccc(C)c(C)c2)s1. The number of hydrogen-bond acceptors (Lipinski definition) is 4. The average molecular weight is 278 g/mol. The highest BCUT2D eigenvalue weighted by molar-refractivity contribution is 7.98. The van der Waals surface area contributed by atoms with Crippen molar-refractivity contribution in [2.75, 3.05) is 11.9 Å². The Hall–Kier alpha value is -1.00. The van der Waals surface area contributed by atoms with Crippen molar-refractivity contribution < 1.29 is 0 Å². The molecule has 0 unspecified atom stereocenters. The smallest absolute Gasteiger partial charge is 0.182 e. The predicted molar refractivity (Wildman–Crippen MR) is 81.8 cm³/mol. The molecular weight excluding hydrogens is 260 g/mol. The first kappa shape index (κ1) is 13.4. The van der Waals surface area contributed by atoms with Crippen LogP contribution in [0.3, 0.4) is 0 Å². The molecule has 0 saturated heterocycles. The van der Waals surface area contributed by atoms with Gasteiger partial charge in [0.15, 0.2) is 5.13 Å². The van der Waals surface area contributed by atoms with Crippen LogP contribution < -0.4 is 5.32 Å². The van der Waals surface area contributed by atoms with E-state index in [4.69, 9.17) is 0 Å². The summed E-state index contributed by atoms with van der Waals surface area (Å²) in [6.07, 6.45) is 1.97. The van der Waals surface area contributed by atoms with Crippen LogP contribution in [-0.2, 0) is 5.75 Å². The van der Waals surface area contributed by atoms with Crippen LogP contribution in [-0.4, -0.2) is 11.5 Å². The number of hydrogen-bond donors (Lipinski definition) is 1. The number of benzene rings is 1. The number of aryl methyl sites for hydroxylation is 2. The highest BCUT2D eigenvalue weighted by atomic mass is 32.2. The van der Waals surface area contributed by atoms with Crippen molar-refractivity contribution in [1.82, 2.24) is 4.98 Å². The van der Waals surface area contributed by atoms with Crippen LogP contribution in [0.1, 0.15) is 22.9 Å². The second kappa shape index (κ2) is 6.25. The molecule has 2 aromatic rings. The Morgan fingerprint density at radius 3 is 2.83 bits per heavy atom. The van der Waals surface area contributed by atoms with Crippen molar-refractivity contribution in [3.8, 4) is 0 Å². The fourth-order valence-electron chi connectivity index (χ4n) is 1.57.